The van der Waals surface area contributed by atoms with E-state index in [4.69, 9.17) is 9.47 Å². The monoisotopic (exact) mass is 481 g/mol. The summed E-state index contributed by atoms with van der Waals surface area (Å²) in [7, 11) is 1.58. The molecule has 0 bridgehead atoms. The maximum absolute atomic E-state index is 13.5. The average molecular weight is 482 g/mol. The average Bonchev–Trinajstić information content (AvgIpc) is 3.62. The minimum absolute atomic E-state index is 0.176. The highest BCUT2D eigenvalue weighted by molar-refractivity contribution is 5.98. The summed E-state index contributed by atoms with van der Waals surface area (Å²) in [6, 6.07) is 14.7. The van der Waals surface area contributed by atoms with Crippen LogP contribution in [0.15, 0.2) is 54.6 Å². The van der Waals surface area contributed by atoms with E-state index < -0.39 is 29.6 Å². The van der Waals surface area contributed by atoms with E-state index in [1.165, 1.54) is 0 Å². The predicted octanol–water partition coefficient (Wildman–Crippen LogP) is 1.81. The normalized spacial score (nSPS) is 19.2. The van der Waals surface area contributed by atoms with Gasteiger partial charge in [-0.05, 0) is 50.1 Å². The first-order valence-electron chi connectivity index (χ1n) is 11.9. The number of carbonyl (C=O) groups excluding carboxylic acids is 3. The highest BCUT2D eigenvalue weighted by Gasteiger charge is 2.50. The molecule has 1 fully saturated rings. The molecular weight excluding hydrogens is 446 g/mol. The van der Waals surface area contributed by atoms with Crippen molar-refractivity contribution in [3.8, 4) is 5.75 Å². The highest BCUT2D eigenvalue weighted by Crippen LogP contribution is 2.29. The molecule has 1 aliphatic heterocycles. The number of ether oxygens (including phenoxy) is 2. The number of epoxide rings is 1. The SMILES string of the molecule is CCNC(C)C(=O)NC(Cc1ccc(OC)cc1)C(=O)NC(Cc1ccccc1)C(=O)C1(C)CO1. The van der Waals surface area contributed by atoms with Gasteiger partial charge in [0.25, 0.3) is 0 Å². The van der Waals surface area contributed by atoms with E-state index in [0.717, 1.165) is 11.1 Å². The molecule has 1 saturated heterocycles. The number of hydrogen-bond acceptors (Lipinski definition) is 6. The van der Waals surface area contributed by atoms with Crippen LogP contribution in [0.25, 0.3) is 0 Å². The van der Waals surface area contributed by atoms with Crippen LogP contribution in [0, 0.1) is 0 Å². The number of nitrogens with one attached hydrogen (secondary N) is 3. The first-order valence-corrected chi connectivity index (χ1v) is 11.9. The molecule has 0 aliphatic carbocycles. The second kappa shape index (κ2) is 12.0. The lowest BCUT2D eigenvalue weighted by Gasteiger charge is -2.25. The van der Waals surface area contributed by atoms with Gasteiger partial charge in [0.05, 0.1) is 25.8 Å². The third kappa shape index (κ3) is 7.37. The molecule has 35 heavy (non-hydrogen) atoms. The van der Waals surface area contributed by atoms with Crippen molar-refractivity contribution in [3.05, 3.63) is 65.7 Å². The number of amides is 2. The lowest BCUT2D eigenvalue weighted by molar-refractivity contribution is -0.133. The third-order valence-electron chi connectivity index (χ3n) is 6.15. The predicted molar refractivity (Wildman–Crippen MR) is 133 cm³/mol. The van der Waals surface area contributed by atoms with Gasteiger partial charge in [-0.25, -0.2) is 0 Å². The Hall–Kier alpha value is -3.23. The molecule has 2 aromatic carbocycles. The molecule has 2 amide bonds. The maximum atomic E-state index is 13.5. The molecular formula is C27H35N3O5. The fraction of sp³-hybridized carbons (Fsp3) is 0.444. The number of benzene rings is 2. The number of ketones is 1. The summed E-state index contributed by atoms with van der Waals surface area (Å²) in [5, 5.41) is 8.81. The molecule has 8 heteroatoms. The summed E-state index contributed by atoms with van der Waals surface area (Å²) >= 11 is 0. The topological polar surface area (TPSA) is 109 Å². The van der Waals surface area contributed by atoms with E-state index in [0.29, 0.717) is 25.3 Å². The Kier molecular flexibility index (Phi) is 9.01. The van der Waals surface area contributed by atoms with Crippen LogP contribution in [0.1, 0.15) is 31.9 Å². The zero-order valence-electron chi connectivity index (χ0n) is 20.8. The minimum Gasteiger partial charge on any atom is -0.497 e. The first-order chi connectivity index (χ1) is 16.8. The fourth-order valence-corrected chi connectivity index (χ4v) is 3.85. The smallest absolute Gasteiger partial charge is 0.243 e. The lowest BCUT2D eigenvalue weighted by Crippen LogP contribution is -2.56. The van der Waals surface area contributed by atoms with Crippen LogP contribution >= 0.6 is 0 Å². The van der Waals surface area contributed by atoms with Gasteiger partial charge in [0, 0.05) is 6.42 Å². The summed E-state index contributed by atoms with van der Waals surface area (Å²) in [5.41, 5.74) is 0.888. The highest BCUT2D eigenvalue weighted by atomic mass is 16.6. The van der Waals surface area contributed by atoms with Crippen molar-refractivity contribution in [2.45, 2.75) is 57.3 Å². The zero-order chi connectivity index (χ0) is 25.4. The Balaban J connectivity index is 1.80. The molecule has 2 aromatic rings. The van der Waals surface area contributed by atoms with Gasteiger partial charge in [-0.3, -0.25) is 14.4 Å². The van der Waals surface area contributed by atoms with E-state index >= 15 is 0 Å². The van der Waals surface area contributed by atoms with Gasteiger partial charge in [0.2, 0.25) is 11.8 Å². The first kappa shape index (κ1) is 26.4. The third-order valence-corrected chi connectivity index (χ3v) is 6.15. The van der Waals surface area contributed by atoms with Gasteiger partial charge in [-0.15, -0.1) is 0 Å². The summed E-state index contributed by atoms with van der Waals surface area (Å²) in [4.78, 5) is 39.4. The van der Waals surface area contributed by atoms with Gasteiger partial charge >= 0.3 is 0 Å². The van der Waals surface area contributed by atoms with Crippen LogP contribution in [0.3, 0.4) is 0 Å². The summed E-state index contributed by atoms with van der Waals surface area (Å²) in [6.45, 7) is 6.34. The molecule has 188 valence electrons. The molecule has 0 radical (unpaired) electrons. The Morgan fingerprint density at radius 3 is 2.09 bits per heavy atom. The molecule has 4 atom stereocenters. The fourth-order valence-electron chi connectivity index (χ4n) is 3.85. The largest absolute Gasteiger partial charge is 0.497 e. The second-order valence-electron chi connectivity index (χ2n) is 9.03. The van der Waals surface area contributed by atoms with Crippen LogP contribution in [0.2, 0.25) is 0 Å². The summed E-state index contributed by atoms with van der Waals surface area (Å²) in [6.07, 6.45) is 0.599. The Bertz CT molecular complexity index is 1010. The molecule has 0 aromatic heterocycles. The number of Topliss-reactive ketones (excluding diaryl/α,β-unsaturated/α-hetero) is 1. The number of likely N-dealkylation sites (N-methyl/N-ethyl adjacent to an activating group) is 1. The molecule has 8 nitrogen and oxygen atoms in total. The number of hydrogen-bond donors (Lipinski definition) is 3. The van der Waals surface area contributed by atoms with Crippen molar-refractivity contribution >= 4 is 17.6 Å². The summed E-state index contributed by atoms with van der Waals surface area (Å²) < 4.78 is 10.6. The minimum atomic E-state index is -0.888. The zero-order valence-corrected chi connectivity index (χ0v) is 20.8. The summed E-state index contributed by atoms with van der Waals surface area (Å²) in [5.74, 6) is -0.184. The van der Waals surface area contributed by atoms with Crippen LogP contribution in [0.5, 0.6) is 5.75 Å². The van der Waals surface area contributed by atoms with E-state index in [-0.39, 0.29) is 18.1 Å². The van der Waals surface area contributed by atoms with Crippen molar-refractivity contribution in [2.24, 2.45) is 0 Å². The second-order valence-corrected chi connectivity index (χ2v) is 9.03. The molecule has 3 rings (SSSR count). The number of carbonyl (C=O) groups is 3. The van der Waals surface area contributed by atoms with E-state index in [2.05, 4.69) is 16.0 Å². The van der Waals surface area contributed by atoms with E-state index in [1.807, 2.05) is 49.4 Å². The van der Waals surface area contributed by atoms with Gasteiger partial charge in [-0.1, -0.05) is 49.4 Å². The van der Waals surface area contributed by atoms with Gasteiger partial charge in [0.1, 0.15) is 17.4 Å². The lowest BCUT2D eigenvalue weighted by atomic mass is 9.94. The molecule has 1 heterocycles. The van der Waals surface area contributed by atoms with Gasteiger partial charge in [0.15, 0.2) is 5.78 Å². The van der Waals surface area contributed by atoms with E-state index in [9.17, 15) is 14.4 Å². The number of rotatable bonds is 13. The van der Waals surface area contributed by atoms with Crippen LogP contribution in [-0.4, -0.2) is 61.6 Å². The van der Waals surface area contributed by atoms with Crippen molar-refractivity contribution in [1.82, 2.24) is 16.0 Å². The number of methoxy groups -OCH3 is 1. The quantitative estimate of drug-likeness (QED) is 0.377. The Labute approximate surface area is 206 Å². The van der Waals surface area contributed by atoms with Crippen molar-refractivity contribution in [1.29, 1.82) is 0 Å². The molecule has 0 spiro atoms. The van der Waals surface area contributed by atoms with Crippen molar-refractivity contribution in [2.75, 3.05) is 20.3 Å². The van der Waals surface area contributed by atoms with Crippen LogP contribution < -0.4 is 20.7 Å². The van der Waals surface area contributed by atoms with Crippen molar-refractivity contribution in [3.63, 3.8) is 0 Å². The molecule has 3 N–H and O–H groups in total. The Morgan fingerprint density at radius 2 is 1.51 bits per heavy atom. The Morgan fingerprint density at radius 1 is 0.943 bits per heavy atom. The molecule has 4 unspecified atom stereocenters. The van der Waals surface area contributed by atoms with Crippen LogP contribution in [0.4, 0.5) is 0 Å². The van der Waals surface area contributed by atoms with Crippen molar-refractivity contribution < 1.29 is 23.9 Å². The van der Waals surface area contributed by atoms with Gasteiger partial charge < -0.3 is 25.4 Å². The van der Waals surface area contributed by atoms with E-state index in [1.54, 1.807) is 33.1 Å². The molecule has 1 aliphatic rings. The van der Waals surface area contributed by atoms with Crippen LogP contribution in [-0.2, 0) is 32.0 Å². The maximum Gasteiger partial charge on any atom is 0.243 e. The molecule has 0 saturated carbocycles. The van der Waals surface area contributed by atoms with Gasteiger partial charge in [-0.2, -0.15) is 0 Å². The standard InChI is InChI=1S/C27H35N3O5/c1-5-28-18(2)25(32)30-23(16-20-11-13-21(34-4)14-12-20)26(33)29-22(24(31)27(3)17-35-27)15-19-9-7-6-8-10-19/h6-14,18,22-23,28H,5,15-17H2,1-4H3,(H,29,33)(H,30,32).